The molecule has 0 fully saturated rings. The van der Waals surface area contributed by atoms with Crippen molar-refractivity contribution in [2.75, 3.05) is 17.1 Å². The van der Waals surface area contributed by atoms with Gasteiger partial charge in [0.05, 0.1) is 18.2 Å². The Kier molecular flexibility index (Phi) is 6.33. The number of hydrogen-bond acceptors (Lipinski definition) is 4. The fourth-order valence-electron chi connectivity index (χ4n) is 2.14. The highest BCUT2D eigenvalue weighted by molar-refractivity contribution is 7.92. The number of nitrogens with zero attached hydrogens (tertiary/aromatic N) is 2. The Hall–Kier alpha value is -2.45. The summed E-state index contributed by atoms with van der Waals surface area (Å²) in [6.45, 7) is 1.21. The third kappa shape index (κ3) is 5.27. The molecule has 2 rings (SSSR count). The minimum Gasteiger partial charge on any atom is -0.271 e. The van der Waals surface area contributed by atoms with E-state index in [0.29, 0.717) is 21.8 Å². The van der Waals surface area contributed by atoms with Crippen LogP contribution in [0.2, 0.25) is 5.02 Å². The first-order chi connectivity index (χ1) is 12.2. The average Bonchev–Trinajstić information content (AvgIpc) is 2.56. The molecule has 0 saturated heterocycles. The van der Waals surface area contributed by atoms with Gasteiger partial charge in [0.15, 0.2) is 0 Å². The van der Waals surface area contributed by atoms with Crippen molar-refractivity contribution in [3.8, 4) is 0 Å². The third-order valence-electron chi connectivity index (χ3n) is 3.47. The molecule has 0 aromatic heterocycles. The van der Waals surface area contributed by atoms with Crippen molar-refractivity contribution >= 4 is 39.4 Å². The third-order valence-corrected chi connectivity index (χ3v) is 5.00. The van der Waals surface area contributed by atoms with E-state index in [0.717, 1.165) is 10.6 Å². The predicted octanol–water partition coefficient (Wildman–Crippen LogP) is 2.70. The van der Waals surface area contributed by atoms with E-state index in [1.165, 1.54) is 30.5 Å². The number of anilines is 1. The standard InChI is InChI=1S/C17H17ClFN3O3S/c1-12-15(18)4-3-5-16(12)22(26(2,24)25)11-17(23)21-20-10-13-6-8-14(19)9-7-13/h3-10H,11H2,1-2H3,(H,21,23)/b20-10+. The molecule has 26 heavy (non-hydrogen) atoms. The lowest BCUT2D eigenvalue weighted by atomic mass is 10.2. The van der Waals surface area contributed by atoms with E-state index < -0.39 is 22.5 Å². The smallest absolute Gasteiger partial charge is 0.260 e. The zero-order chi connectivity index (χ0) is 19.3. The fraction of sp³-hybridized carbons (Fsp3) is 0.176. The van der Waals surface area contributed by atoms with Crippen LogP contribution in [0.4, 0.5) is 10.1 Å². The molecule has 1 N–H and O–H groups in total. The zero-order valence-corrected chi connectivity index (χ0v) is 15.7. The fourth-order valence-corrected chi connectivity index (χ4v) is 3.22. The van der Waals surface area contributed by atoms with Crippen molar-refractivity contribution in [3.63, 3.8) is 0 Å². The van der Waals surface area contributed by atoms with E-state index in [4.69, 9.17) is 11.6 Å². The van der Waals surface area contributed by atoms with Crippen LogP contribution in [-0.2, 0) is 14.8 Å². The largest absolute Gasteiger partial charge is 0.271 e. The number of nitrogens with one attached hydrogen (secondary N) is 1. The quantitative estimate of drug-likeness (QED) is 0.601. The van der Waals surface area contributed by atoms with Gasteiger partial charge in [0, 0.05) is 5.02 Å². The number of halogens is 2. The zero-order valence-electron chi connectivity index (χ0n) is 14.1. The number of hydrazone groups is 1. The summed E-state index contributed by atoms with van der Waals surface area (Å²) in [6.07, 6.45) is 2.33. The highest BCUT2D eigenvalue weighted by atomic mass is 35.5. The van der Waals surface area contributed by atoms with Crippen molar-refractivity contribution in [2.45, 2.75) is 6.92 Å². The van der Waals surface area contributed by atoms with E-state index >= 15 is 0 Å². The lowest BCUT2D eigenvalue weighted by Gasteiger charge is -2.23. The van der Waals surface area contributed by atoms with Gasteiger partial charge in [-0.2, -0.15) is 5.10 Å². The molecular weight excluding hydrogens is 381 g/mol. The maximum Gasteiger partial charge on any atom is 0.260 e. The monoisotopic (exact) mass is 397 g/mol. The lowest BCUT2D eigenvalue weighted by molar-refractivity contribution is -0.119. The number of amides is 1. The topological polar surface area (TPSA) is 78.8 Å². The van der Waals surface area contributed by atoms with Gasteiger partial charge in [0.2, 0.25) is 10.0 Å². The molecule has 0 aliphatic heterocycles. The van der Waals surface area contributed by atoms with Crippen LogP contribution in [0, 0.1) is 12.7 Å². The normalized spacial score (nSPS) is 11.5. The summed E-state index contributed by atoms with van der Waals surface area (Å²) in [5.74, 6) is -1.01. The number of rotatable bonds is 6. The summed E-state index contributed by atoms with van der Waals surface area (Å²) in [6, 6.07) is 10.3. The number of carbonyl (C=O) groups is 1. The minimum atomic E-state index is -3.71. The predicted molar refractivity (Wildman–Crippen MR) is 101 cm³/mol. The molecule has 2 aromatic carbocycles. The van der Waals surface area contributed by atoms with Gasteiger partial charge in [-0.1, -0.05) is 29.8 Å². The van der Waals surface area contributed by atoms with Crippen LogP contribution in [0.25, 0.3) is 0 Å². The highest BCUT2D eigenvalue weighted by Gasteiger charge is 2.22. The number of carbonyl (C=O) groups excluding carboxylic acids is 1. The minimum absolute atomic E-state index is 0.317. The van der Waals surface area contributed by atoms with Gasteiger partial charge in [-0.25, -0.2) is 18.2 Å². The molecule has 0 radical (unpaired) electrons. The van der Waals surface area contributed by atoms with Crippen molar-refractivity contribution in [1.29, 1.82) is 0 Å². The summed E-state index contributed by atoms with van der Waals surface area (Å²) < 4.78 is 38.0. The second-order valence-corrected chi connectivity index (χ2v) is 7.81. The summed E-state index contributed by atoms with van der Waals surface area (Å²) in [5.41, 5.74) is 3.69. The van der Waals surface area contributed by atoms with E-state index in [1.54, 1.807) is 25.1 Å². The van der Waals surface area contributed by atoms with Crippen LogP contribution in [0.3, 0.4) is 0 Å². The molecule has 0 heterocycles. The number of benzene rings is 2. The van der Waals surface area contributed by atoms with Gasteiger partial charge in [-0.05, 0) is 42.3 Å². The Morgan fingerprint density at radius 1 is 1.27 bits per heavy atom. The first-order valence-electron chi connectivity index (χ1n) is 7.49. The Balaban J connectivity index is 2.12. The Morgan fingerprint density at radius 3 is 2.54 bits per heavy atom. The van der Waals surface area contributed by atoms with Crippen molar-refractivity contribution in [2.24, 2.45) is 5.10 Å². The molecule has 2 aromatic rings. The first kappa shape index (κ1) is 19.9. The lowest BCUT2D eigenvalue weighted by Crippen LogP contribution is -2.39. The summed E-state index contributed by atoms with van der Waals surface area (Å²) in [5, 5.41) is 4.14. The molecule has 0 aliphatic rings. The molecule has 0 spiro atoms. The van der Waals surface area contributed by atoms with Crippen LogP contribution in [0.5, 0.6) is 0 Å². The molecular formula is C17H17ClFN3O3S. The molecule has 9 heteroatoms. The summed E-state index contributed by atoms with van der Waals surface area (Å²) >= 11 is 6.03. The second-order valence-electron chi connectivity index (χ2n) is 5.50. The van der Waals surface area contributed by atoms with Gasteiger partial charge in [-0.15, -0.1) is 0 Å². The number of sulfonamides is 1. The van der Waals surface area contributed by atoms with Crippen LogP contribution in [0.1, 0.15) is 11.1 Å². The van der Waals surface area contributed by atoms with E-state index in [1.807, 2.05) is 0 Å². The SMILES string of the molecule is Cc1c(Cl)cccc1N(CC(=O)N/N=C/c1ccc(F)cc1)S(C)(=O)=O. The number of hydrogen-bond donors (Lipinski definition) is 1. The van der Waals surface area contributed by atoms with Gasteiger partial charge in [0.1, 0.15) is 12.4 Å². The second kappa shape index (κ2) is 8.29. The molecule has 0 saturated carbocycles. The van der Waals surface area contributed by atoms with Crippen molar-refractivity contribution in [3.05, 3.63) is 64.4 Å². The van der Waals surface area contributed by atoms with Crippen molar-refractivity contribution < 1.29 is 17.6 Å². The average molecular weight is 398 g/mol. The molecule has 0 aliphatic carbocycles. The maximum absolute atomic E-state index is 12.8. The molecule has 1 amide bonds. The highest BCUT2D eigenvalue weighted by Crippen LogP contribution is 2.27. The molecule has 0 bridgehead atoms. The van der Waals surface area contributed by atoms with Crippen molar-refractivity contribution in [1.82, 2.24) is 5.43 Å². The summed E-state index contributed by atoms with van der Waals surface area (Å²) in [7, 11) is -3.71. The Morgan fingerprint density at radius 2 is 1.92 bits per heavy atom. The van der Waals surface area contributed by atoms with Gasteiger partial charge in [-0.3, -0.25) is 9.10 Å². The van der Waals surface area contributed by atoms with Gasteiger partial charge >= 0.3 is 0 Å². The molecule has 0 atom stereocenters. The summed E-state index contributed by atoms with van der Waals surface area (Å²) in [4.78, 5) is 12.1. The van der Waals surface area contributed by atoms with Gasteiger partial charge in [0.25, 0.3) is 5.91 Å². The molecule has 6 nitrogen and oxygen atoms in total. The van der Waals surface area contributed by atoms with E-state index in [-0.39, 0.29) is 5.82 Å². The van der Waals surface area contributed by atoms with E-state index in [9.17, 15) is 17.6 Å². The molecule has 138 valence electrons. The Bertz CT molecular complexity index is 931. The Labute approximate surface area is 156 Å². The van der Waals surface area contributed by atoms with Crippen LogP contribution in [-0.4, -0.2) is 33.3 Å². The first-order valence-corrected chi connectivity index (χ1v) is 9.71. The van der Waals surface area contributed by atoms with Gasteiger partial charge < -0.3 is 0 Å². The maximum atomic E-state index is 12.8. The molecule has 0 unspecified atom stereocenters. The van der Waals surface area contributed by atoms with Crippen LogP contribution < -0.4 is 9.73 Å². The van der Waals surface area contributed by atoms with E-state index in [2.05, 4.69) is 10.5 Å². The van der Waals surface area contributed by atoms with Crippen LogP contribution in [0.15, 0.2) is 47.6 Å². The van der Waals surface area contributed by atoms with Crippen LogP contribution >= 0.6 is 11.6 Å².